The average molecular weight is 685 g/mol. The van der Waals surface area contributed by atoms with Crippen molar-refractivity contribution in [2.24, 2.45) is 0 Å². The third-order valence-electron chi connectivity index (χ3n) is 8.48. The summed E-state index contributed by atoms with van der Waals surface area (Å²) in [4.78, 5) is 40.2. The van der Waals surface area contributed by atoms with Crippen molar-refractivity contribution in [3.63, 3.8) is 0 Å². The molecule has 4 rings (SSSR count). The van der Waals surface area contributed by atoms with Crippen LogP contribution in [0.3, 0.4) is 0 Å². The lowest BCUT2D eigenvalue weighted by Crippen LogP contribution is -2.54. The highest BCUT2D eigenvalue weighted by atomic mass is 35.5. The molecule has 0 radical (unpaired) electrons. The number of nitro benzene ring substituents is 1. The average Bonchev–Trinajstić information content (AvgIpc) is 3.06. The molecule has 3 aromatic rings. The van der Waals surface area contributed by atoms with E-state index in [0.717, 1.165) is 48.0 Å². The summed E-state index contributed by atoms with van der Waals surface area (Å²) in [5, 5.41) is 15.0. The molecule has 0 bridgehead atoms. The monoisotopic (exact) mass is 684 g/mol. The number of ether oxygens (including phenoxy) is 1. The summed E-state index contributed by atoms with van der Waals surface area (Å²) in [6.45, 7) is 2.75. The van der Waals surface area contributed by atoms with Gasteiger partial charge < -0.3 is 15.0 Å². The standard InChI is InChI=1S/C34H41ClN4O7S/c1-4-29(34(41)36-27-13-9-6-10-14-27)37(20-19-25-11-7-5-8-12-25)33(40)23-38(31-21-26(35)16-18-32(31)46-3)47(44,45)28-17-15-24(2)30(22-28)39(42)43/h5,7-8,11-12,15-18,21-22,27,29H,4,6,9-10,13-14,19-20,23H2,1-3H3,(H,36,41)/t29-/m0/s1. The van der Waals surface area contributed by atoms with Gasteiger partial charge in [0, 0.05) is 29.2 Å². The summed E-state index contributed by atoms with van der Waals surface area (Å²) in [6, 6.07) is 16.6. The van der Waals surface area contributed by atoms with E-state index in [1.54, 1.807) is 0 Å². The van der Waals surface area contributed by atoms with E-state index in [1.807, 2.05) is 37.3 Å². The molecule has 0 unspecified atom stereocenters. The minimum Gasteiger partial charge on any atom is -0.495 e. The lowest BCUT2D eigenvalue weighted by Gasteiger charge is -2.34. The van der Waals surface area contributed by atoms with Gasteiger partial charge in [-0.25, -0.2) is 8.42 Å². The van der Waals surface area contributed by atoms with Crippen molar-refractivity contribution in [3.05, 3.63) is 93.0 Å². The molecule has 0 saturated heterocycles. The van der Waals surface area contributed by atoms with E-state index in [1.165, 1.54) is 49.3 Å². The van der Waals surface area contributed by atoms with Gasteiger partial charge in [0.25, 0.3) is 15.7 Å². The number of nitrogens with zero attached hydrogens (tertiary/aromatic N) is 3. The highest BCUT2D eigenvalue weighted by Gasteiger charge is 2.36. The van der Waals surface area contributed by atoms with Crippen molar-refractivity contribution in [2.75, 3.05) is 24.5 Å². The zero-order valence-corrected chi connectivity index (χ0v) is 28.4. The molecule has 1 N–H and O–H groups in total. The van der Waals surface area contributed by atoms with Crippen molar-refractivity contribution in [1.29, 1.82) is 0 Å². The normalized spacial score (nSPS) is 14.2. The molecule has 0 aliphatic heterocycles. The molecule has 3 aromatic carbocycles. The Balaban J connectivity index is 1.77. The summed E-state index contributed by atoms with van der Waals surface area (Å²) in [5.74, 6) is -0.797. The minimum absolute atomic E-state index is 0.0151. The van der Waals surface area contributed by atoms with E-state index in [2.05, 4.69) is 5.32 Å². The number of hydrogen-bond acceptors (Lipinski definition) is 7. The number of sulfonamides is 1. The number of carbonyl (C=O) groups is 2. The SMILES string of the molecule is CC[C@@H](C(=O)NC1CCCCC1)N(CCc1ccccc1)C(=O)CN(c1cc(Cl)ccc1OC)S(=O)(=O)c1ccc(C)c([N+](=O)[O-])c1. The lowest BCUT2D eigenvalue weighted by molar-refractivity contribution is -0.385. The predicted octanol–water partition coefficient (Wildman–Crippen LogP) is 6.06. The Kier molecular flexibility index (Phi) is 12.2. The van der Waals surface area contributed by atoms with Crippen LogP contribution in [0.15, 0.2) is 71.6 Å². The van der Waals surface area contributed by atoms with Gasteiger partial charge >= 0.3 is 0 Å². The van der Waals surface area contributed by atoms with E-state index in [0.29, 0.717) is 12.8 Å². The Labute approximate surface area is 281 Å². The third kappa shape index (κ3) is 8.81. The Morgan fingerprint density at radius 3 is 2.40 bits per heavy atom. The molecular weight excluding hydrogens is 644 g/mol. The zero-order chi connectivity index (χ0) is 34.1. The zero-order valence-electron chi connectivity index (χ0n) is 26.9. The topological polar surface area (TPSA) is 139 Å². The highest BCUT2D eigenvalue weighted by Crippen LogP contribution is 2.36. The first-order chi connectivity index (χ1) is 22.5. The molecule has 0 heterocycles. The molecule has 0 spiro atoms. The van der Waals surface area contributed by atoms with Gasteiger partial charge in [-0.2, -0.15) is 0 Å². The number of methoxy groups -OCH3 is 1. The van der Waals surface area contributed by atoms with Gasteiger partial charge in [-0.1, -0.05) is 74.2 Å². The van der Waals surface area contributed by atoms with Crippen molar-refractivity contribution in [3.8, 4) is 5.75 Å². The Bertz CT molecular complexity index is 1680. The molecule has 1 aliphatic rings. The maximum Gasteiger partial charge on any atom is 0.273 e. The number of benzene rings is 3. The predicted molar refractivity (Wildman–Crippen MR) is 181 cm³/mol. The molecule has 11 nitrogen and oxygen atoms in total. The summed E-state index contributed by atoms with van der Waals surface area (Å²) in [5.41, 5.74) is 0.809. The number of halogens is 1. The molecule has 1 aliphatic carbocycles. The largest absolute Gasteiger partial charge is 0.495 e. The number of carbonyl (C=O) groups excluding carboxylic acids is 2. The second-order valence-electron chi connectivity index (χ2n) is 11.6. The first-order valence-electron chi connectivity index (χ1n) is 15.7. The van der Waals surface area contributed by atoms with Gasteiger partial charge in [-0.05, 0) is 62.4 Å². The second kappa shape index (κ2) is 16.1. The fourth-order valence-corrected chi connectivity index (χ4v) is 7.49. The maximum atomic E-state index is 14.4. The summed E-state index contributed by atoms with van der Waals surface area (Å²) in [7, 11) is -3.25. The van der Waals surface area contributed by atoms with Gasteiger partial charge in [0.05, 0.1) is 22.6 Å². The molecular formula is C34H41ClN4O7S. The van der Waals surface area contributed by atoms with E-state index in [9.17, 15) is 28.1 Å². The van der Waals surface area contributed by atoms with Crippen LogP contribution in [0, 0.1) is 17.0 Å². The van der Waals surface area contributed by atoms with Crippen LogP contribution in [-0.4, -0.2) is 62.3 Å². The van der Waals surface area contributed by atoms with Crippen molar-refractivity contribution in [2.45, 2.75) is 75.8 Å². The number of anilines is 1. The number of aryl methyl sites for hydroxylation is 1. The highest BCUT2D eigenvalue weighted by molar-refractivity contribution is 7.92. The van der Waals surface area contributed by atoms with Crippen molar-refractivity contribution in [1.82, 2.24) is 10.2 Å². The minimum atomic E-state index is -4.61. The van der Waals surface area contributed by atoms with Gasteiger partial charge in [-0.15, -0.1) is 0 Å². The van der Waals surface area contributed by atoms with Crippen molar-refractivity contribution < 1.29 is 27.7 Å². The fraction of sp³-hybridized carbons (Fsp3) is 0.412. The number of rotatable bonds is 14. The van der Waals surface area contributed by atoms with Gasteiger partial charge in [-0.3, -0.25) is 24.0 Å². The van der Waals surface area contributed by atoms with E-state index in [4.69, 9.17) is 16.3 Å². The number of hydrogen-bond donors (Lipinski definition) is 1. The maximum absolute atomic E-state index is 14.4. The van der Waals surface area contributed by atoms with Crippen LogP contribution in [0.1, 0.15) is 56.6 Å². The van der Waals surface area contributed by atoms with Crippen LogP contribution in [0.4, 0.5) is 11.4 Å². The van der Waals surface area contributed by atoms with Crippen LogP contribution in [0.25, 0.3) is 0 Å². The smallest absolute Gasteiger partial charge is 0.273 e. The van der Waals surface area contributed by atoms with Crippen molar-refractivity contribution >= 4 is 44.8 Å². The first kappa shape index (κ1) is 35.7. The van der Waals surface area contributed by atoms with Crippen LogP contribution in [0.2, 0.25) is 5.02 Å². The quantitative estimate of drug-likeness (QED) is 0.161. The van der Waals surface area contributed by atoms with Crippen LogP contribution < -0.4 is 14.4 Å². The molecule has 252 valence electrons. The molecule has 47 heavy (non-hydrogen) atoms. The number of amides is 2. The molecule has 0 aromatic heterocycles. The van der Waals surface area contributed by atoms with E-state index >= 15 is 0 Å². The van der Waals surface area contributed by atoms with Crippen LogP contribution >= 0.6 is 11.6 Å². The molecule has 2 amide bonds. The van der Waals surface area contributed by atoms with Gasteiger partial charge in [0.15, 0.2) is 0 Å². The van der Waals surface area contributed by atoms with Gasteiger partial charge in [0.2, 0.25) is 11.8 Å². The molecule has 1 saturated carbocycles. The number of nitrogens with one attached hydrogen (secondary N) is 1. The molecule has 13 heteroatoms. The molecule has 1 atom stereocenters. The fourth-order valence-electron chi connectivity index (χ4n) is 5.89. The first-order valence-corrected chi connectivity index (χ1v) is 17.5. The lowest BCUT2D eigenvalue weighted by atomic mass is 9.95. The van der Waals surface area contributed by atoms with E-state index in [-0.39, 0.29) is 51.1 Å². The summed E-state index contributed by atoms with van der Waals surface area (Å²) < 4.78 is 35.0. The van der Waals surface area contributed by atoms with Gasteiger partial charge in [0.1, 0.15) is 18.3 Å². The molecule has 1 fully saturated rings. The Morgan fingerprint density at radius 1 is 1.06 bits per heavy atom. The summed E-state index contributed by atoms with van der Waals surface area (Å²) >= 11 is 6.31. The van der Waals surface area contributed by atoms with Crippen LogP contribution in [0.5, 0.6) is 5.75 Å². The Hall–Kier alpha value is -4.16. The third-order valence-corrected chi connectivity index (χ3v) is 10.5. The Morgan fingerprint density at radius 2 is 1.77 bits per heavy atom. The second-order valence-corrected chi connectivity index (χ2v) is 13.9. The van der Waals surface area contributed by atoms with Crippen LogP contribution in [-0.2, 0) is 26.0 Å². The van der Waals surface area contributed by atoms with E-state index < -0.39 is 33.4 Å². The summed E-state index contributed by atoms with van der Waals surface area (Å²) in [6.07, 6.45) is 5.61. The number of nitro groups is 1.